The van der Waals surface area contributed by atoms with Gasteiger partial charge < -0.3 is 9.47 Å². The number of Topliss-reactive ketones (excluding diaryl/α,β-unsaturated/α-hetero) is 1. The summed E-state index contributed by atoms with van der Waals surface area (Å²) >= 11 is 0. The maximum atomic E-state index is 12.2. The molecule has 0 fully saturated rings. The molecule has 1 aromatic carbocycles. The number of rotatable bonds is 3. The van der Waals surface area contributed by atoms with Gasteiger partial charge in [-0.15, -0.1) is 0 Å². The highest BCUT2D eigenvalue weighted by molar-refractivity contribution is 6.02. The summed E-state index contributed by atoms with van der Waals surface area (Å²) in [6.45, 7) is 5.65. The Morgan fingerprint density at radius 1 is 1.12 bits per heavy atom. The van der Waals surface area contributed by atoms with Gasteiger partial charge in [-0.3, -0.25) is 4.79 Å². The van der Waals surface area contributed by atoms with Crippen molar-refractivity contribution in [1.29, 1.82) is 0 Å². The topological polar surface area (TPSA) is 35.5 Å². The summed E-state index contributed by atoms with van der Waals surface area (Å²) in [7, 11) is 3.10. The first-order valence-corrected chi connectivity index (χ1v) is 5.17. The smallest absolute Gasteiger partial charge is 0.172 e. The molecule has 0 N–H and O–H groups in total. The lowest BCUT2D eigenvalue weighted by Crippen LogP contribution is -2.21. The Bertz CT molecular complexity index is 389. The van der Waals surface area contributed by atoms with Gasteiger partial charge in [0, 0.05) is 5.41 Å². The lowest BCUT2D eigenvalue weighted by atomic mass is 9.86. The molecule has 0 saturated carbocycles. The molecule has 0 aliphatic heterocycles. The van der Waals surface area contributed by atoms with E-state index >= 15 is 0 Å². The molecule has 0 aliphatic carbocycles. The second-order valence-electron chi connectivity index (χ2n) is 4.62. The van der Waals surface area contributed by atoms with E-state index in [0.717, 1.165) is 0 Å². The van der Waals surface area contributed by atoms with Crippen molar-refractivity contribution in [1.82, 2.24) is 0 Å². The largest absolute Gasteiger partial charge is 0.493 e. The van der Waals surface area contributed by atoms with Crippen molar-refractivity contribution in [2.24, 2.45) is 5.41 Å². The summed E-state index contributed by atoms with van der Waals surface area (Å²) < 4.78 is 10.4. The fourth-order valence-electron chi connectivity index (χ4n) is 1.47. The molecule has 1 rings (SSSR count). The van der Waals surface area contributed by atoms with Crippen molar-refractivity contribution in [3.05, 3.63) is 23.8 Å². The van der Waals surface area contributed by atoms with Crippen LogP contribution in [0.2, 0.25) is 0 Å². The Labute approximate surface area is 96.4 Å². The minimum Gasteiger partial charge on any atom is -0.493 e. The summed E-state index contributed by atoms with van der Waals surface area (Å²) in [5.74, 6) is 1.13. The Morgan fingerprint density at radius 2 is 1.75 bits per heavy atom. The van der Waals surface area contributed by atoms with E-state index in [4.69, 9.17) is 9.47 Å². The number of benzene rings is 1. The van der Waals surface area contributed by atoms with Crippen LogP contribution in [0.5, 0.6) is 11.5 Å². The van der Waals surface area contributed by atoms with Crippen molar-refractivity contribution in [2.75, 3.05) is 14.2 Å². The number of carbonyl (C=O) groups excluding carboxylic acids is 1. The third-order valence-electron chi connectivity index (χ3n) is 2.33. The Hall–Kier alpha value is -1.51. The van der Waals surface area contributed by atoms with Crippen LogP contribution in [0.3, 0.4) is 0 Å². The first kappa shape index (κ1) is 12.6. The van der Waals surface area contributed by atoms with E-state index < -0.39 is 5.41 Å². The fraction of sp³-hybridized carbons (Fsp3) is 0.462. The molecule has 0 unspecified atom stereocenters. The quantitative estimate of drug-likeness (QED) is 0.738. The molecular formula is C13H18O3. The SMILES string of the molecule is COc1cccc(C(=O)C(C)(C)C)c1OC. The van der Waals surface area contributed by atoms with Gasteiger partial charge in [0.15, 0.2) is 17.3 Å². The van der Waals surface area contributed by atoms with Crippen molar-refractivity contribution < 1.29 is 14.3 Å². The van der Waals surface area contributed by atoms with Gasteiger partial charge in [-0.1, -0.05) is 26.8 Å². The molecule has 0 spiro atoms. The molecule has 0 aromatic heterocycles. The third kappa shape index (κ3) is 2.35. The molecule has 3 heteroatoms. The lowest BCUT2D eigenvalue weighted by Gasteiger charge is -2.19. The molecular weight excluding hydrogens is 204 g/mol. The van der Waals surface area contributed by atoms with Crippen molar-refractivity contribution in [3.63, 3.8) is 0 Å². The van der Waals surface area contributed by atoms with E-state index in [-0.39, 0.29) is 5.78 Å². The van der Waals surface area contributed by atoms with Gasteiger partial charge in [-0.2, -0.15) is 0 Å². The minimum atomic E-state index is -0.431. The number of ether oxygens (including phenoxy) is 2. The van der Waals surface area contributed by atoms with E-state index in [1.807, 2.05) is 20.8 Å². The van der Waals surface area contributed by atoms with E-state index in [1.165, 1.54) is 7.11 Å². The molecule has 0 atom stereocenters. The van der Waals surface area contributed by atoms with Crippen LogP contribution in [0.4, 0.5) is 0 Å². The van der Waals surface area contributed by atoms with E-state index in [9.17, 15) is 4.79 Å². The molecule has 0 saturated heterocycles. The highest BCUT2D eigenvalue weighted by Crippen LogP contribution is 2.34. The Morgan fingerprint density at radius 3 is 2.19 bits per heavy atom. The number of methoxy groups -OCH3 is 2. The highest BCUT2D eigenvalue weighted by atomic mass is 16.5. The van der Waals surface area contributed by atoms with E-state index in [2.05, 4.69) is 0 Å². The van der Waals surface area contributed by atoms with Crippen molar-refractivity contribution >= 4 is 5.78 Å². The third-order valence-corrected chi connectivity index (χ3v) is 2.33. The average molecular weight is 222 g/mol. The minimum absolute atomic E-state index is 0.0447. The molecule has 0 radical (unpaired) electrons. The molecule has 0 amide bonds. The average Bonchev–Trinajstić information content (AvgIpc) is 2.25. The number of hydrogen-bond donors (Lipinski definition) is 0. The summed E-state index contributed by atoms with van der Waals surface area (Å²) in [5, 5.41) is 0. The van der Waals surface area contributed by atoms with Crippen molar-refractivity contribution in [2.45, 2.75) is 20.8 Å². The zero-order valence-corrected chi connectivity index (χ0v) is 10.5. The van der Waals surface area contributed by atoms with Crippen molar-refractivity contribution in [3.8, 4) is 11.5 Å². The first-order valence-electron chi connectivity index (χ1n) is 5.17. The van der Waals surface area contributed by atoms with Crippen LogP contribution in [0.15, 0.2) is 18.2 Å². The summed E-state index contributed by atoms with van der Waals surface area (Å²) in [6, 6.07) is 5.33. The summed E-state index contributed by atoms with van der Waals surface area (Å²) in [6.07, 6.45) is 0. The van der Waals surface area contributed by atoms with Gasteiger partial charge in [0.25, 0.3) is 0 Å². The number of hydrogen-bond acceptors (Lipinski definition) is 3. The Balaban J connectivity index is 3.29. The zero-order valence-electron chi connectivity index (χ0n) is 10.5. The predicted molar refractivity (Wildman–Crippen MR) is 63.3 cm³/mol. The van der Waals surface area contributed by atoms with Crippen LogP contribution in [-0.2, 0) is 0 Å². The molecule has 16 heavy (non-hydrogen) atoms. The first-order chi connectivity index (χ1) is 7.41. The monoisotopic (exact) mass is 222 g/mol. The van der Waals surface area contributed by atoms with Crippen LogP contribution in [0.1, 0.15) is 31.1 Å². The van der Waals surface area contributed by atoms with Crippen LogP contribution < -0.4 is 9.47 Å². The molecule has 1 aromatic rings. The number of ketones is 1. The maximum Gasteiger partial charge on any atom is 0.172 e. The second kappa shape index (κ2) is 4.56. The van der Waals surface area contributed by atoms with Crippen LogP contribution in [-0.4, -0.2) is 20.0 Å². The zero-order chi connectivity index (χ0) is 12.3. The molecule has 88 valence electrons. The van der Waals surface area contributed by atoms with Gasteiger partial charge in [0.2, 0.25) is 0 Å². The standard InChI is InChI=1S/C13H18O3/c1-13(2,3)12(14)9-7-6-8-10(15-4)11(9)16-5/h6-8H,1-5H3. The lowest BCUT2D eigenvalue weighted by molar-refractivity contribution is 0.0854. The number of para-hydroxylation sites is 1. The van der Waals surface area contributed by atoms with Gasteiger partial charge in [-0.25, -0.2) is 0 Å². The normalized spacial score (nSPS) is 11.1. The molecule has 0 bridgehead atoms. The highest BCUT2D eigenvalue weighted by Gasteiger charge is 2.26. The Kier molecular flexibility index (Phi) is 3.58. The van der Waals surface area contributed by atoms with Gasteiger partial charge in [-0.05, 0) is 12.1 Å². The van der Waals surface area contributed by atoms with Crippen LogP contribution in [0, 0.1) is 5.41 Å². The number of carbonyl (C=O) groups is 1. The van der Waals surface area contributed by atoms with Crippen LogP contribution in [0.25, 0.3) is 0 Å². The van der Waals surface area contributed by atoms with E-state index in [1.54, 1.807) is 25.3 Å². The van der Waals surface area contributed by atoms with E-state index in [0.29, 0.717) is 17.1 Å². The molecule has 0 heterocycles. The second-order valence-corrected chi connectivity index (χ2v) is 4.62. The molecule has 3 nitrogen and oxygen atoms in total. The maximum absolute atomic E-state index is 12.2. The fourth-order valence-corrected chi connectivity index (χ4v) is 1.47. The van der Waals surface area contributed by atoms with Crippen LogP contribution >= 0.6 is 0 Å². The van der Waals surface area contributed by atoms with Gasteiger partial charge in [0.05, 0.1) is 19.8 Å². The summed E-state index contributed by atoms with van der Waals surface area (Å²) in [4.78, 5) is 12.2. The van der Waals surface area contributed by atoms with Gasteiger partial charge >= 0.3 is 0 Å². The predicted octanol–water partition coefficient (Wildman–Crippen LogP) is 2.93. The van der Waals surface area contributed by atoms with Gasteiger partial charge in [0.1, 0.15) is 0 Å². The summed E-state index contributed by atoms with van der Waals surface area (Å²) in [5.41, 5.74) is 0.133. The molecule has 0 aliphatic rings.